The second kappa shape index (κ2) is 7.24. The quantitative estimate of drug-likeness (QED) is 0.744. The molecule has 0 saturated heterocycles. The van der Waals surface area contributed by atoms with Gasteiger partial charge in [-0.3, -0.25) is 0 Å². The third kappa shape index (κ3) is 6.34. The lowest BCUT2D eigenvalue weighted by atomic mass is 10.2. The van der Waals surface area contributed by atoms with Crippen LogP contribution in [0.4, 0.5) is 11.4 Å². The third-order valence-electron chi connectivity index (χ3n) is 2.72. The topological polar surface area (TPSA) is 50.5 Å². The molecule has 0 bridgehead atoms. The average Bonchev–Trinajstić information content (AvgIpc) is 2.24. The Kier molecular flexibility index (Phi) is 5.96. The van der Waals surface area contributed by atoms with Crippen molar-refractivity contribution in [1.82, 2.24) is 4.90 Å². The van der Waals surface area contributed by atoms with Gasteiger partial charge in [0, 0.05) is 29.5 Å². The summed E-state index contributed by atoms with van der Waals surface area (Å²) in [6, 6.07) is 6.20. The van der Waals surface area contributed by atoms with Crippen LogP contribution in [0.15, 0.2) is 18.2 Å². The van der Waals surface area contributed by atoms with Gasteiger partial charge in [0.15, 0.2) is 0 Å². The fraction of sp³-hybridized carbons (Fsp3) is 0.600. The molecule has 19 heavy (non-hydrogen) atoms. The molecule has 1 aromatic rings. The molecule has 0 spiro atoms. The summed E-state index contributed by atoms with van der Waals surface area (Å²) in [5, 5.41) is 3.47. The second-order valence-corrected chi connectivity index (χ2v) is 5.59. The van der Waals surface area contributed by atoms with Crippen LogP contribution in [0.25, 0.3) is 0 Å². The summed E-state index contributed by atoms with van der Waals surface area (Å²) in [5.41, 5.74) is 7.64. The molecule has 1 atom stereocenters. The summed E-state index contributed by atoms with van der Waals surface area (Å²) in [5.74, 6) is 0.817. The van der Waals surface area contributed by atoms with Crippen LogP contribution in [0.3, 0.4) is 0 Å². The van der Waals surface area contributed by atoms with E-state index in [2.05, 4.69) is 31.2 Å². The van der Waals surface area contributed by atoms with Gasteiger partial charge < -0.3 is 20.7 Å². The molecular weight excluding hydrogens is 238 g/mol. The summed E-state index contributed by atoms with van der Waals surface area (Å²) in [6.45, 7) is 7.26. The van der Waals surface area contributed by atoms with Crippen LogP contribution in [0.5, 0.6) is 5.75 Å². The minimum absolute atomic E-state index is 0.154. The number of rotatable bonds is 7. The molecule has 3 N–H and O–H groups in total. The van der Waals surface area contributed by atoms with Crippen molar-refractivity contribution in [2.45, 2.75) is 39.3 Å². The smallest absolute Gasteiger partial charge is 0.123 e. The molecule has 0 aliphatic heterocycles. The molecule has 108 valence electrons. The Bertz CT molecular complexity index is 391. The molecule has 1 unspecified atom stereocenters. The van der Waals surface area contributed by atoms with Crippen LogP contribution in [-0.2, 0) is 0 Å². The summed E-state index contributed by atoms with van der Waals surface area (Å²) in [7, 11) is 4.17. The predicted octanol–water partition coefficient (Wildman–Crippen LogP) is 2.81. The lowest BCUT2D eigenvalue weighted by molar-refractivity contribution is 0.242. The monoisotopic (exact) mass is 265 g/mol. The minimum atomic E-state index is 0.154. The normalized spacial score (nSPS) is 12.8. The van der Waals surface area contributed by atoms with Crippen molar-refractivity contribution in [1.29, 1.82) is 0 Å². The Balaban J connectivity index is 2.64. The zero-order chi connectivity index (χ0) is 14.4. The maximum Gasteiger partial charge on any atom is 0.123 e. The summed E-state index contributed by atoms with van der Waals surface area (Å²) in [4.78, 5) is 2.19. The van der Waals surface area contributed by atoms with E-state index in [0.29, 0.717) is 6.04 Å². The Labute approximate surface area is 116 Å². The van der Waals surface area contributed by atoms with E-state index in [4.69, 9.17) is 10.5 Å². The molecular formula is C15H27N3O. The van der Waals surface area contributed by atoms with E-state index < -0.39 is 0 Å². The molecule has 1 rings (SSSR count). The van der Waals surface area contributed by atoms with Crippen molar-refractivity contribution >= 4 is 11.4 Å². The van der Waals surface area contributed by atoms with Crippen LogP contribution in [-0.4, -0.2) is 37.7 Å². The largest absolute Gasteiger partial charge is 0.491 e. The third-order valence-corrected chi connectivity index (χ3v) is 2.72. The number of hydrogen-bond donors (Lipinski definition) is 2. The maximum atomic E-state index is 5.90. The number of benzene rings is 1. The second-order valence-electron chi connectivity index (χ2n) is 5.59. The highest BCUT2D eigenvalue weighted by molar-refractivity contribution is 5.59. The van der Waals surface area contributed by atoms with E-state index in [9.17, 15) is 0 Å². The number of hydrogen-bond acceptors (Lipinski definition) is 4. The first-order valence-electron chi connectivity index (χ1n) is 6.85. The van der Waals surface area contributed by atoms with Gasteiger partial charge in [-0.2, -0.15) is 0 Å². The van der Waals surface area contributed by atoms with Gasteiger partial charge >= 0.3 is 0 Å². The number of nitrogens with zero attached hydrogens (tertiary/aromatic N) is 1. The molecule has 0 radical (unpaired) electrons. The molecule has 0 aromatic heterocycles. The number of nitrogens with one attached hydrogen (secondary N) is 1. The highest BCUT2D eigenvalue weighted by atomic mass is 16.5. The van der Waals surface area contributed by atoms with Crippen LogP contribution in [0.2, 0.25) is 0 Å². The van der Waals surface area contributed by atoms with Gasteiger partial charge in [-0.15, -0.1) is 0 Å². The van der Waals surface area contributed by atoms with Crippen molar-refractivity contribution in [3.8, 4) is 5.75 Å². The molecule has 0 aliphatic carbocycles. The molecule has 1 aromatic carbocycles. The molecule has 0 fully saturated rings. The van der Waals surface area contributed by atoms with Gasteiger partial charge in [0.2, 0.25) is 0 Å². The fourth-order valence-corrected chi connectivity index (χ4v) is 1.85. The average molecular weight is 265 g/mol. The van der Waals surface area contributed by atoms with E-state index in [0.717, 1.165) is 30.1 Å². The van der Waals surface area contributed by atoms with E-state index in [1.54, 1.807) is 0 Å². The van der Waals surface area contributed by atoms with Crippen LogP contribution in [0, 0.1) is 0 Å². The lowest BCUT2D eigenvalue weighted by Crippen LogP contribution is -2.23. The Morgan fingerprint density at radius 1 is 1.21 bits per heavy atom. The SMILES string of the molecule is CC(CCN(C)C)Nc1cc(N)cc(OC(C)C)c1. The Morgan fingerprint density at radius 3 is 2.47 bits per heavy atom. The maximum absolute atomic E-state index is 5.90. The minimum Gasteiger partial charge on any atom is -0.491 e. The van der Waals surface area contributed by atoms with Crippen molar-refractivity contribution < 1.29 is 4.74 Å². The zero-order valence-corrected chi connectivity index (χ0v) is 12.7. The predicted molar refractivity (Wildman–Crippen MR) is 82.9 cm³/mol. The van der Waals surface area contributed by atoms with Gasteiger partial charge in [0.1, 0.15) is 5.75 Å². The number of ether oxygens (including phenoxy) is 1. The summed E-state index contributed by atoms with van der Waals surface area (Å²) < 4.78 is 5.69. The summed E-state index contributed by atoms with van der Waals surface area (Å²) >= 11 is 0. The molecule has 4 heteroatoms. The molecule has 0 aliphatic rings. The standard InChI is InChI=1S/C15H27N3O/c1-11(2)19-15-9-13(16)8-14(10-15)17-12(3)6-7-18(4)5/h8-12,17H,6-7,16H2,1-5H3. The number of nitrogen functional groups attached to an aromatic ring is 1. The van der Waals surface area contributed by atoms with Gasteiger partial charge in [-0.25, -0.2) is 0 Å². The van der Waals surface area contributed by atoms with E-state index in [1.165, 1.54) is 0 Å². The van der Waals surface area contributed by atoms with Crippen molar-refractivity contribution in [3.63, 3.8) is 0 Å². The highest BCUT2D eigenvalue weighted by Gasteiger charge is 2.06. The zero-order valence-electron chi connectivity index (χ0n) is 12.7. The summed E-state index contributed by atoms with van der Waals surface area (Å²) in [6.07, 6.45) is 1.24. The highest BCUT2D eigenvalue weighted by Crippen LogP contribution is 2.24. The fourth-order valence-electron chi connectivity index (χ4n) is 1.85. The number of anilines is 2. The van der Waals surface area contributed by atoms with Crippen LogP contribution >= 0.6 is 0 Å². The first-order chi connectivity index (χ1) is 8.86. The van der Waals surface area contributed by atoms with E-state index in [-0.39, 0.29) is 6.10 Å². The first kappa shape index (κ1) is 15.6. The molecule has 4 nitrogen and oxygen atoms in total. The number of nitrogens with two attached hydrogens (primary N) is 1. The van der Waals surface area contributed by atoms with E-state index in [1.807, 2.05) is 32.0 Å². The Hall–Kier alpha value is -1.42. The molecule has 0 saturated carbocycles. The Morgan fingerprint density at radius 2 is 1.89 bits per heavy atom. The van der Waals surface area contributed by atoms with Gasteiger partial charge in [0.25, 0.3) is 0 Å². The van der Waals surface area contributed by atoms with Gasteiger partial charge in [-0.05, 0) is 53.9 Å². The molecule has 0 amide bonds. The van der Waals surface area contributed by atoms with E-state index >= 15 is 0 Å². The van der Waals surface area contributed by atoms with Gasteiger partial charge in [-0.1, -0.05) is 0 Å². The lowest BCUT2D eigenvalue weighted by Gasteiger charge is -2.19. The van der Waals surface area contributed by atoms with Gasteiger partial charge in [0.05, 0.1) is 6.10 Å². The van der Waals surface area contributed by atoms with Crippen LogP contribution in [0.1, 0.15) is 27.2 Å². The van der Waals surface area contributed by atoms with Crippen molar-refractivity contribution in [3.05, 3.63) is 18.2 Å². The first-order valence-corrected chi connectivity index (χ1v) is 6.85. The molecule has 0 heterocycles. The van der Waals surface area contributed by atoms with Crippen molar-refractivity contribution in [2.24, 2.45) is 0 Å². The van der Waals surface area contributed by atoms with Crippen molar-refractivity contribution in [2.75, 3.05) is 31.7 Å². The van der Waals surface area contributed by atoms with Crippen LogP contribution < -0.4 is 15.8 Å².